The average Bonchev–Trinajstić information content (AvgIpc) is 2.92. The lowest BCUT2D eigenvalue weighted by Crippen LogP contribution is -2.04. The summed E-state index contributed by atoms with van der Waals surface area (Å²) in [6.45, 7) is 0.561. The zero-order valence-electron chi connectivity index (χ0n) is 11.2. The smallest absolute Gasteiger partial charge is 0.142 e. The normalized spacial score (nSPS) is 13.1. The third-order valence-electron chi connectivity index (χ3n) is 3.62. The van der Waals surface area contributed by atoms with Gasteiger partial charge in [-0.25, -0.2) is 4.98 Å². The van der Waals surface area contributed by atoms with Gasteiger partial charge in [0.15, 0.2) is 0 Å². The van der Waals surface area contributed by atoms with Crippen LogP contribution in [0.25, 0.3) is 11.4 Å². The number of halogens is 1. The van der Waals surface area contributed by atoms with E-state index >= 15 is 0 Å². The highest BCUT2D eigenvalue weighted by molar-refractivity contribution is 6.31. The summed E-state index contributed by atoms with van der Waals surface area (Å²) in [6.07, 6.45) is 3.75. The van der Waals surface area contributed by atoms with Gasteiger partial charge in [-0.1, -0.05) is 41.9 Å². The van der Waals surface area contributed by atoms with Gasteiger partial charge in [-0.3, -0.25) is 4.99 Å². The second-order valence-corrected chi connectivity index (χ2v) is 5.36. The minimum Gasteiger partial charge on any atom is -0.311 e. The summed E-state index contributed by atoms with van der Waals surface area (Å²) in [5.74, 6) is 0.927. The van der Waals surface area contributed by atoms with E-state index in [2.05, 4.69) is 17.1 Å². The van der Waals surface area contributed by atoms with Crippen LogP contribution in [-0.2, 0) is 6.67 Å². The van der Waals surface area contributed by atoms with E-state index in [1.165, 1.54) is 0 Å². The van der Waals surface area contributed by atoms with Crippen molar-refractivity contribution in [3.05, 3.63) is 77.1 Å². The number of aromatic nitrogens is 2. The summed E-state index contributed by atoms with van der Waals surface area (Å²) in [4.78, 5) is 9.23. The minimum absolute atomic E-state index is 0.561. The Bertz CT molecular complexity index is 834. The van der Waals surface area contributed by atoms with Crippen molar-refractivity contribution in [1.82, 2.24) is 9.55 Å². The van der Waals surface area contributed by atoms with E-state index < -0.39 is 0 Å². The molecule has 0 spiro atoms. The van der Waals surface area contributed by atoms with Gasteiger partial charge in [0.25, 0.3) is 0 Å². The molecule has 21 heavy (non-hydrogen) atoms. The van der Waals surface area contributed by atoms with Gasteiger partial charge in [0.05, 0.1) is 5.71 Å². The Kier molecular flexibility index (Phi) is 2.86. The molecule has 0 saturated carbocycles. The molecule has 1 aliphatic heterocycles. The largest absolute Gasteiger partial charge is 0.311 e. The fraction of sp³-hybridized carbons (Fsp3) is 0.0588. The van der Waals surface area contributed by atoms with Crippen molar-refractivity contribution < 1.29 is 0 Å². The molecule has 4 heteroatoms. The molecule has 0 saturated heterocycles. The zero-order chi connectivity index (χ0) is 14.2. The summed E-state index contributed by atoms with van der Waals surface area (Å²) < 4.78 is 2.04. The van der Waals surface area contributed by atoms with Gasteiger partial charge < -0.3 is 4.57 Å². The van der Waals surface area contributed by atoms with Gasteiger partial charge >= 0.3 is 0 Å². The standard InChI is InChI=1S/C17H12ClN3/c18-13-6-7-14-15(10-13)16(12-4-2-1-3-5-12)20-11-21-9-8-19-17(14)21/h1-10H,11H2. The average molecular weight is 294 g/mol. The molecule has 2 heterocycles. The summed E-state index contributed by atoms with van der Waals surface area (Å²) in [7, 11) is 0. The number of hydrogen-bond donors (Lipinski definition) is 0. The van der Waals surface area contributed by atoms with Crippen molar-refractivity contribution in [3.63, 3.8) is 0 Å². The highest BCUT2D eigenvalue weighted by atomic mass is 35.5. The lowest BCUT2D eigenvalue weighted by atomic mass is 9.97. The van der Waals surface area contributed by atoms with E-state index in [1.54, 1.807) is 6.20 Å². The monoisotopic (exact) mass is 293 g/mol. The molecule has 102 valence electrons. The minimum atomic E-state index is 0.561. The third-order valence-corrected chi connectivity index (χ3v) is 3.86. The molecule has 0 aliphatic carbocycles. The highest BCUT2D eigenvalue weighted by Crippen LogP contribution is 2.30. The lowest BCUT2D eigenvalue weighted by Gasteiger charge is -2.09. The Morgan fingerprint density at radius 3 is 2.71 bits per heavy atom. The number of imidazole rings is 1. The van der Waals surface area contributed by atoms with Gasteiger partial charge in [0.1, 0.15) is 12.5 Å². The van der Waals surface area contributed by atoms with E-state index in [0.29, 0.717) is 11.7 Å². The molecule has 3 aromatic rings. The number of nitrogens with zero attached hydrogens (tertiary/aromatic N) is 3. The molecule has 0 amide bonds. The maximum absolute atomic E-state index is 6.20. The number of aliphatic imine (C=N–C) groups is 1. The highest BCUT2D eigenvalue weighted by Gasteiger charge is 2.19. The van der Waals surface area contributed by atoms with Crippen molar-refractivity contribution in [3.8, 4) is 11.4 Å². The van der Waals surface area contributed by atoms with Crippen LogP contribution in [-0.4, -0.2) is 15.3 Å². The maximum atomic E-state index is 6.20. The van der Waals surface area contributed by atoms with Crippen molar-refractivity contribution in [2.24, 2.45) is 4.99 Å². The molecule has 0 bridgehead atoms. The quantitative estimate of drug-likeness (QED) is 0.667. The van der Waals surface area contributed by atoms with E-state index in [0.717, 1.165) is 28.2 Å². The SMILES string of the molecule is Clc1ccc2c(c1)C(c1ccccc1)=NCn1ccnc1-2. The molecule has 0 atom stereocenters. The van der Waals surface area contributed by atoms with Crippen LogP contribution in [0.5, 0.6) is 0 Å². The van der Waals surface area contributed by atoms with Crippen molar-refractivity contribution in [2.45, 2.75) is 6.67 Å². The molecular weight excluding hydrogens is 282 g/mol. The number of hydrogen-bond acceptors (Lipinski definition) is 2. The molecule has 0 N–H and O–H groups in total. The van der Waals surface area contributed by atoms with E-state index in [4.69, 9.17) is 16.6 Å². The molecule has 3 nitrogen and oxygen atoms in total. The lowest BCUT2D eigenvalue weighted by molar-refractivity contribution is 0.747. The van der Waals surface area contributed by atoms with Crippen molar-refractivity contribution >= 4 is 17.3 Å². The molecular formula is C17H12ClN3. The molecule has 1 aromatic heterocycles. The number of fused-ring (bicyclic) bond motifs is 3. The van der Waals surface area contributed by atoms with Gasteiger partial charge in [-0.15, -0.1) is 0 Å². The van der Waals surface area contributed by atoms with E-state index in [-0.39, 0.29) is 0 Å². The summed E-state index contributed by atoms with van der Waals surface area (Å²) in [5.41, 5.74) is 4.13. The van der Waals surface area contributed by atoms with Crippen LogP contribution >= 0.6 is 11.6 Å². The van der Waals surface area contributed by atoms with E-state index in [1.807, 2.05) is 47.2 Å². The summed E-state index contributed by atoms with van der Waals surface area (Å²) >= 11 is 6.20. The van der Waals surface area contributed by atoms with Crippen LogP contribution in [0.4, 0.5) is 0 Å². The van der Waals surface area contributed by atoms with Gasteiger partial charge in [0.2, 0.25) is 0 Å². The van der Waals surface area contributed by atoms with Crippen LogP contribution < -0.4 is 0 Å². The first kappa shape index (κ1) is 12.4. The third kappa shape index (κ3) is 2.06. The zero-order valence-corrected chi connectivity index (χ0v) is 12.0. The molecule has 0 fully saturated rings. The molecule has 2 aromatic carbocycles. The van der Waals surface area contributed by atoms with Crippen molar-refractivity contribution in [1.29, 1.82) is 0 Å². The molecule has 4 rings (SSSR count). The Hall–Kier alpha value is -2.39. The first-order valence-corrected chi connectivity index (χ1v) is 7.12. The Morgan fingerprint density at radius 2 is 1.86 bits per heavy atom. The molecule has 0 radical (unpaired) electrons. The Labute approximate surface area is 127 Å². The van der Waals surface area contributed by atoms with Crippen LogP contribution in [0.15, 0.2) is 65.9 Å². The Balaban J connectivity index is 2.00. The topological polar surface area (TPSA) is 30.2 Å². The van der Waals surface area contributed by atoms with Crippen LogP contribution in [0.1, 0.15) is 11.1 Å². The first-order valence-electron chi connectivity index (χ1n) is 6.74. The first-order chi connectivity index (χ1) is 10.3. The fourth-order valence-corrected chi connectivity index (χ4v) is 2.82. The second kappa shape index (κ2) is 4.86. The van der Waals surface area contributed by atoms with Gasteiger partial charge in [-0.2, -0.15) is 0 Å². The summed E-state index contributed by atoms with van der Waals surface area (Å²) in [6, 6.07) is 16.1. The molecule has 1 aliphatic rings. The van der Waals surface area contributed by atoms with Gasteiger partial charge in [-0.05, 0) is 18.2 Å². The van der Waals surface area contributed by atoms with E-state index in [9.17, 15) is 0 Å². The van der Waals surface area contributed by atoms with Crippen LogP contribution in [0.3, 0.4) is 0 Å². The van der Waals surface area contributed by atoms with Crippen molar-refractivity contribution in [2.75, 3.05) is 0 Å². The molecule has 0 unspecified atom stereocenters. The second-order valence-electron chi connectivity index (χ2n) is 4.92. The Morgan fingerprint density at radius 1 is 1.00 bits per heavy atom. The van der Waals surface area contributed by atoms with Gasteiger partial charge in [0, 0.05) is 34.1 Å². The summed E-state index contributed by atoms with van der Waals surface area (Å²) in [5, 5.41) is 0.706. The number of benzene rings is 2. The predicted molar refractivity (Wildman–Crippen MR) is 84.8 cm³/mol. The van der Waals surface area contributed by atoms with Crippen LogP contribution in [0, 0.1) is 0 Å². The number of rotatable bonds is 1. The van der Waals surface area contributed by atoms with Crippen LogP contribution in [0.2, 0.25) is 5.02 Å². The maximum Gasteiger partial charge on any atom is 0.142 e. The predicted octanol–water partition coefficient (Wildman–Crippen LogP) is 4.01. The fourth-order valence-electron chi connectivity index (χ4n) is 2.65.